The lowest BCUT2D eigenvalue weighted by Crippen LogP contribution is -2.28. The van der Waals surface area contributed by atoms with Crippen LogP contribution in [-0.4, -0.2) is 38.5 Å². The summed E-state index contributed by atoms with van der Waals surface area (Å²) in [6.45, 7) is 9.18. The molecule has 350 valence electrons. The number of ether oxygens (including phenoxy) is 3. The SMILES string of the molecule is CCCCCCCC/C=C\CCCCCCCCOC[C@@H](COC(=O)CCCCCCCCCCCCCCC)OCCCCCCCC/C=C\CCCCCCCC. The van der Waals surface area contributed by atoms with Crippen molar-refractivity contribution in [2.45, 2.75) is 297 Å². The van der Waals surface area contributed by atoms with Crippen molar-refractivity contribution in [2.24, 2.45) is 0 Å². The molecule has 0 radical (unpaired) electrons. The Morgan fingerprint density at radius 2 is 0.661 bits per heavy atom. The van der Waals surface area contributed by atoms with Crippen molar-refractivity contribution in [3.8, 4) is 0 Å². The second kappa shape index (κ2) is 53.0. The van der Waals surface area contributed by atoms with Crippen LogP contribution in [0.4, 0.5) is 0 Å². The fourth-order valence-electron chi connectivity index (χ4n) is 7.96. The van der Waals surface area contributed by atoms with Crippen molar-refractivity contribution in [1.29, 1.82) is 0 Å². The Hall–Kier alpha value is -1.13. The van der Waals surface area contributed by atoms with Crippen LogP contribution < -0.4 is 0 Å². The molecule has 59 heavy (non-hydrogen) atoms. The first-order valence-electron chi connectivity index (χ1n) is 26.9. The Morgan fingerprint density at radius 3 is 1.03 bits per heavy atom. The van der Waals surface area contributed by atoms with Crippen molar-refractivity contribution in [3.63, 3.8) is 0 Å². The number of hydrogen-bond donors (Lipinski definition) is 0. The number of carbonyl (C=O) groups is 1. The third-order valence-corrected chi connectivity index (χ3v) is 12.0. The van der Waals surface area contributed by atoms with Gasteiger partial charge < -0.3 is 14.2 Å². The average Bonchev–Trinajstić information content (AvgIpc) is 3.24. The molecule has 0 saturated carbocycles. The van der Waals surface area contributed by atoms with E-state index >= 15 is 0 Å². The van der Waals surface area contributed by atoms with Gasteiger partial charge in [0.05, 0.1) is 6.61 Å². The van der Waals surface area contributed by atoms with Crippen molar-refractivity contribution >= 4 is 5.97 Å². The molecule has 0 heterocycles. The van der Waals surface area contributed by atoms with E-state index < -0.39 is 0 Å². The van der Waals surface area contributed by atoms with Crippen LogP contribution in [0, 0.1) is 0 Å². The average molecular weight is 831 g/mol. The van der Waals surface area contributed by atoms with Crippen molar-refractivity contribution in [3.05, 3.63) is 24.3 Å². The van der Waals surface area contributed by atoms with Crippen molar-refractivity contribution in [2.75, 3.05) is 26.4 Å². The molecular formula is C55H106O4. The monoisotopic (exact) mass is 831 g/mol. The zero-order valence-electron chi connectivity index (χ0n) is 40.5. The van der Waals surface area contributed by atoms with E-state index in [4.69, 9.17) is 14.2 Å². The maximum Gasteiger partial charge on any atom is 0.305 e. The molecule has 4 nitrogen and oxygen atoms in total. The highest BCUT2D eigenvalue weighted by Crippen LogP contribution is 2.15. The maximum absolute atomic E-state index is 12.6. The van der Waals surface area contributed by atoms with E-state index in [-0.39, 0.29) is 12.1 Å². The molecule has 0 aliphatic rings. The van der Waals surface area contributed by atoms with Crippen LogP contribution >= 0.6 is 0 Å². The van der Waals surface area contributed by atoms with E-state index in [2.05, 4.69) is 45.1 Å². The van der Waals surface area contributed by atoms with E-state index in [1.54, 1.807) is 0 Å². The van der Waals surface area contributed by atoms with E-state index in [0.29, 0.717) is 19.6 Å². The number of unbranched alkanes of at least 4 members (excludes halogenated alkanes) is 36. The number of hydrogen-bond acceptors (Lipinski definition) is 4. The number of allylic oxidation sites excluding steroid dienone is 4. The predicted molar refractivity (Wildman–Crippen MR) is 261 cm³/mol. The lowest BCUT2D eigenvalue weighted by atomic mass is 10.0. The second-order valence-electron chi connectivity index (χ2n) is 18.1. The smallest absolute Gasteiger partial charge is 0.305 e. The summed E-state index contributed by atoms with van der Waals surface area (Å²) in [5, 5.41) is 0. The van der Waals surface area contributed by atoms with Gasteiger partial charge >= 0.3 is 5.97 Å². The fraction of sp³-hybridized carbons (Fsp3) is 0.909. The highest BCUT2D eigenvalue weighted by molar-refractivity contribution is 5.69. The summed E-state index contributed by atoms with van der Waals surface area (Å²) in [4.78, 5) is 12.6. The number of rotatable bonds is 51. The molecule has 1 atom stereocenters. The molecule has 0 aliphatic carbocycles. The van der Waals surface area contributed by atoms with Gasteiger partial charge in [-0.05, 0) is 70.6 Å². The first-order chi connectivity index (χ1) is 29.2. The van der Waals surface area contributed by atoms with Crippen LogP contribution in [0.2, 0.25) is 0 Å². The van der Waals surface area contributed by atoms with Gasteiger partial charge in [0.1, 0.15) is 12.7 Å². The van der Waals surface area contributed by atoms with E-state index in [9.17, 15) is 4.79 Å². The largest absolute Gasteiger partial charge is 0.463 e. The molecule has 4 heteroatoms. The topological polar surface area (TPSA) is 44.8 Å². The molecule has 0 unspecified atom stereocenters. The summed E-state index contributed by atoms with van der Waals surface area (Å²) in [5.41, 5.74) is 0. The van der Waals surface area contributed by atoms with Crippen LogP contribution in [0.25, 0.3) is 0 Å². The van der Waals surface area contributed by atoms with Gasteiger partial charge in [-0.25, -0.2) is 0 Å². The van der Waals surface area contributed by atoms with E-state index in [1.807, 2.05) is 0 Å². The lowest BCUT2D eigenvalue weighted by Gasteiger charge is -2.18. The number of esters is 1. The fourth-order valence-corrected chi connectivity index (χ4v) is 7.96. The number of carbonyl (C=O) groups excluding carboxylic acids is 1. The van der Waals surface area contributed by atoms with Gasteiger partial charge in [-0.3, -0.25) is 4.79 Å². The van der Waals surface area contributed by atoms with Gasteiger partial charge in [-0.2, -0.15) is 0 Å². The first-order valence-corrected chi connectivity index (χ1v) is 26.9. The van der Waals surface area contributed by atoms with Crippen molar-refractivity contribution < 1.29 is 19.0 Å². The highest BCUT2D eigenvalue weighted by Gasteiger charge is 2.13. The molecule has 0 spiro atoms. The summed E-state index contributed by atoms with van der Waals surface area (Å²) < 4.78 is 18.1. The molecule has 0 aromatic heterocycles. The zero-order valence-corrected chi connectivity index (χ0v) is 40.5. The Balaban J connectivity index is 4.13. The standard InChI is InChI=1S/C55H106O4/c1-4-7-10-13-16-19-22-25-27-29-32-35-38-41-44-47-50-57-52-54(53-59-55(56)49-46-43-40-37-34-31-24-21-18-15-12-9-6-3)58-51-48-45-42-39-36-33-30-28-26-23-20-17-14-11-8-5-2/h25-28,54H,4-24,29-53H2,1-3H3/b27-25-,28-26-/t54-/m0/s1. The summed E-state index contributed by atoms with van der Waals surface area (Å²) >= 11 is 0. The van der Waals surface area contributed by atoms with Crippen LogP contribution in [0.5, 0.6) is 0 Å². The van der Waals surface area contributed by atoms with Gasteiger partial charge in [0.15, 0.2) is 0 Å². The summed E-state index contributed by atoms with van der Waals surface area (Å²) in [6.07, 6.45) is 63.7. The second-order valence-corrected chi connectivity index (χ2v) is 18.1. The first kappa shape index (κ1) is 57.9. The Kier molecular flexibility index (Phi) is 52.0. The predicted octanol–water partition coefficient (Wildman–Crippen LogP) is 18.5. The summed E-state index contributed by atoms with van der Waals surface area (Å²) in [7, 11) is 0. The van der Waals surface area contributed by atoms with Gasteiger partial charge in [0.2, 0.25) is 0 Å². The lowest BCUT2D eigenvalue weighted by molar-refractivity contribution is -0.150. The summed E-state index contributed by atoms with van der Waals surface area (Å²) in [6, 6.07) is 0. The Morgan fingerprint density at radius 1 is 0.356 bits per heavy atom. The third kappa shape index (κ3) is 51.1. The Bertz CT molecular complexity index is 837. The van der Waals surface area contributed by atoms with E-state index in [1.165, 1.54) is 238 Å². The van der Waals surface area contributed by atoms with Crippen LogP contribution in [-0.2, 0) is 19.0 Å². The van der Waals surface area contributed by atoms with Gasteiger partial charge in [0, 0.05) is 19.6 Å². The van der Waals surface area contributed by atoms with Crippen LogP contribution in [0.1, 0.15) is 290 Å². The molecule has 0 aromatic rings. The quantitative estimate of drug-likeness (QED) is 0.0348. The summed E-state index contributed by atoms with van der Waals surface area (Å²) in [5.74, 6) is -0.0766. The maximum atomic E-state index is 12.6. The Labute approximate surface area is 371 Å². The molecule has 0 N–H and O–H groups in total. The minimum atomic E-state index is -0.164. The van der Waals surface area contributed by atoms with Crippen LogP contribution in [0.3, 0.4) is 0 Å². The zero-order chi connectivity index (χ0) is 42.6. The molecular weight excluding hydrogens is 725 g/mol. The molecule has 0 amide bonds. The van der Waals surface area contributed by atoms with Gasteiger partial charge in [-0.15, -0.1) is 0 Å². The van der Waals surface area contributed by atoms with Gasteiger partial charge in [-0.1, -0.05) is 238 Å². The minimum Gasteiger partial charge on any atom is -0.463 e. The normalized spacial score (nSPS) is 12.4. The van der Waals surface area contributed by atoms with Gasteiger partial charge in [0.25, 0.3) is 0 Å². The van der Waals surface area contributed by atoms with E-state index in [0.717, 1.165) is 38.9 Å². The van der Waals surface area contributed by atoms with Crippen molar-refractivity contribution in [1.82, 2.24) is 0 Å². The highest BCUT2D eigenvalue weighted by atomic mass is 16.6. The molecule has 0 saturated heterocycles. The molecule has 0 aromatic carbocycles. The third-order valence-electron chi connectivity index (χ3n) is 12.0. The van der Waals surface area contributed by atoms with Crippen LogP contribution in [0.15, 0.2) is 24.3 Å². The molecule has 0 fully saturated rings. The molecule has 0 aliphatic heterocycles. The minimum absolute atomic E-state index is 0.0766. The molecule has 0 rings (SSSR count). The molecule has 0 bridgehead atoms.